The summed E-state index contributed by atoms with van der Waals surface area (Å²) in [6, 6.07) is 11.9. The van der Waals surface area contributed by atoms with Gasteiger partial charge in [0.15, 0.2) is 5.17 Å². The van der Waals surface area contributed by atoms with E-state index in [1.165, 1.54) is 15.3 Å². The average Bonchev–Trinajstić information content (AvgIpc) is 2.86. The maximum Gasteiger partial charge on any atom is 0.286 e. The van der Waals surface area contributed by atoms with E-state index < -0.39 is 0 Å². The second-order valence-corrected chi connectivity index (χ2v) is 9.11. The first-order valence-electron chi connectivity index (χ1n) is 7.06. The molecule has 0 aromatic heterocycles. The zero-order chi connectivity index (χ0) is 18.0. The molecule has 0 aliphatic carbocycles. The Labute approximate surface area is 179 Å². The van der Waals surface area contributed by atoms with Crippen LogP contribution >= 0.6 is 66.2 Å². The number of hydrogen-bond acceptors (Lipinski definition) is 4. The molecule has 1 heterocycles. The van der Waals surface area contributed by atoms with Gasteiger partial charge < -0.3 is 10.5 Å². The van der Waals surface area contributed by atoms with Gasteiger partial charge >= 0.3 is 0 Å². The number of amidine groups is 1. The standard InChI is InChI=1S/C17H11Br2IN2O2S/c18-12-5-10(7-14-16(23)22-17(21)25-14)6-13(19)15(12)24-8-9-1-3-11(20)4-2-9/h1-7H,8H2,(H2,21,22,23). The second kappa shape index (κ2) is 8.24. The summed E-state index contributed by atoms with van der Waals surface area (Å²) in [5, 5.41) is 0.270. The first-order chi connectivity index (χ1) is 11.9. The van der Waals surface area contributed by atoms with Crippen LogP contribution in [0.15, 0.2) is 55.2 Å². The summed E-state index contributed by atoms with van der Waals surface area (Å²) in [5.41, 5.74) is 7.51. The highest BCUT2D eigenvalue weighted by molar-refractivity contribution is 14.1. The van der Waals surface area contributed by atoms with Crippen LogP contribution in [0.25, 0.3) is 6.08 Å². The fraction of sp³-hybridized carbons (Fsp3) is 0.0588. The Morgan fingerprint density at radius 3 is 2.40 bits per heavy atom. The van der Waals surface area contributed by atoms with E-state index in [0.29, 0.717) is 17.3 Å². The molecule has 1 amide bonds. The molecule has 0 bridgehead atoms. The van der Waals surface area contributed by atoms with E-state index in [-0.39, 0.29) is 11.1 Å². The van der Waals surface area contributed by atoms with Gasteiger partial charge in [0.2, 0.25) is 0 Å². The molecule has 0 unspecified atom stereocenters. The van der Waals surface area contributed by atoms with Crippen LogP contribution in [0, 0.1) is 3.57 Å². The Morgan fingerprint density at radius 1 is 1.20 bits per heavy atom. The summed E-state index contributed by atoms with van der Waals surface area (Å²) in [5.74, 6) is 0.399. The lowest BCUT2D eigenvalue weighted by molar-refractivity contribution is -0.113. The lowest BCUT2D eigenvalue weighted by Crippen LogP contribution is -2.01. The van der Waals surface area contributed by atoms with Gasteiger partial charge in [-0.25, -0.2) is 0 Å². The minimum atomic E-state index is -0.311. The quantitative estimate of drug-likeness (QED) is 0.385. The summed E-state index contributed by atoms with van der Waals surface area (Å²) in [7, 11) is 0. The van der Waals surface area contributed by atoms with E-state index in [0.717, 1.165) is 20.1 Å². The first kappa shape index (κ1) is 18.9. The van der Waals surface area contributed by atoms with Crippen LogP contribution in [-0.4, -0.2) is 11.1 Å². The van der Waals surface area contributed by atoms with Gasteiger partial charge in [-0.05, 0) is 108 Å². The van der Waals surface area contributed by atoms with Crippen molar-refractivity contribution >= 4 is 83.4 Å². The number of halogens is 3. The smallest absolute Gasteiger partial charge is 0.286 e. The highest BCUT2D eigenvalue weighted by Gasteiger charge is 2.20. The molecule has 0 saturated heterocycles. The molecule has 0 saturated carbocycles. The van der Waals surface area contributed by atoms with Crippen molar-refractivity contribution in [2.24, 2.45) is 10.7 Å². The Kier molecular flexibility index (Phi) is 6.24. The normalized spacial score (nSPS) is 15.6. The number of ether oxygens (including phenoxy) is 1. The predicted octanol–water partition coefficient (Wildman–Crippen LogP) is 5.32. The third-order valence-corrected chi connectivity index (χ3v) is 5.96. The van der Waals surface area contributed by atoms with Crippen molar-refractivity contribution in [2.45, 2.75) is 6.61 Å². The van der Waals surface area contributed by atoms with Gasteiger partial charge in [-0.2, -0.15) is 4.99 Å². The van der Waals surface area contributed by atoms with Crippen LogP contribution in [0.5, 0.6) is 5.75 Å². The van der Waals surface area contributed by atoms with Crippen LogP contribution in [0.4, 0.5) is 0 Å². The molecule has 128 valence electrons. The molecule has 2 N–H and O–H groups in total. The van der Waals surface area contributed by atoms with E-state index in [2.05, 4.69) is 59.4 Å². The molecule has 1 aliphatic rings. The topological polar surface area (TPSA) is 64.7 Å². The SMILES string of the molecule is NC1=NC(=O)C(=Cc2cc(Br)c(OCc3ccc(I)cc3)c(Br)c2)S1. The predicted molar refractivity (Wildman–Crippen MR) is 118 cm³/mol. The number of benzene rings is 2. The van der Waals surface area contributed by atoms with Crippen molar-refractivity contribution in [3.8, 4) is 5.75 Å². The summed E-state index contributed by atoms with van der Waals surface area (Å²) >= 11 is 10.5. The van der Waals surface area contributed by atoms with Gasteiger partial charge in [-0.3, -0.25) is 4.79 Å². The van der Waals surface area contributed by atoms with E-state index in [4.69, 9.17) is 10.5 Å². The van der Waals surface area contributed by atoms with Crippen LogP contribution < -0.4 is 10.5 Å². The first-order valence-corrected chi connectivity index (χ1v) is 10.5. The lowest BCUT2D eigenvalue weighted by Gasteiger charge is -2.12. The third-order valence-electron chi connectivity index (χ3n) is 3.25. The molecule has 0 atom stereocenters. The zero-order valence-electron chi connectivity index (χ0n) is 12.6. The van der Waals surface area contributed by atoms with E-state index >= 15 is 0 Å². The number of rotatable bonds is 4. The molecule has 2 aromatic rings. The molecule has 8 heteroatoms. The molecule has 2 aromatic carbocycles. The monoisotopic (exact) mass is 592 g/mol. The number of carbonyl (C=O) groups is 1. The van der Waals surface area contributed by atoms with E-state index in [1.807, 2.05) is 36.4 Å². The summed E-state index contributed by atoms with van der Waals surface area (Å²) < 4.78 is 8.70. The van der Waals surface area contributed by atoms with Crippen LogP contribution in [-0.2, 0) is 11.4 Å². The van der Waals surface area contributed by atoms with Gasteiger partial charge in [0.05, 0.1) is 13.9 Å². The summed E-state index contributed by atoms with van der Waals surface area (Å²) in [6.45, 7) is 0.466. The maximum atomic E-state index is 11.7. The minimum absolute atomic E-state index is 0.270. The van der Waals surface area contributed by atoms with Crippen LogP contribution in [0.3, 0.4) is 0 Å². The highest BCUT2D eigenvalue weighted by Crippen LogP contribution is 2.37. The van der Waals surface area contributed by atoms with E-state index in [1.54, 1.807) is 6.08 Å². The van der Waals surface area contributed by atoms with Crippen molar-refractivity contribution in [2.75, 3.05) is 0 Å². The van der Waals surface area contributed by atoms with E-state index in [9.17, 15) is 4.79 Å². The molecular formula is C17H11Br2IN2O2S. The number of carbonyl (C=O) groups excluding carboxylic acids is 1. The molecule has 0 spiro atoms. The van der Waals surface area contributed by atoms with Gasteiger partial charge in [0, 0.05) is 3.57 Å². The van der Waals surface area contributed by atoms with Crippen molar-refractivity contribution in [1.82, 2.24) is 0 Å². The minimum Gasteiger partial charge on any atom is -0.487 e. The van der Waals surface area contributed by atoms with Gasteiger partial charge in [-0.1, -0.05) is 12.1 Å². The number of amides is 1. The van der Waals surface area contributed by atoms with Crippen molar-refractivity contribution in [1.29, 1.82) is 0 Å². The number of nitrogens with two attached hydrogens (primary N) is 1. The Balaban J connectivity index is 1.77. The third kappa shape index (κ3) is 4.87. The molecular weight excluding hydrogens is 583 g/mol. The number of thioether (sulfide) groups is 1. The average molecular weight is 594 g/mol. The largest absolute Gasteiger partial charge is 0.487 e. The second-order valence-electron chi connectivity index (χ2n) is 5.09. The van der Waals surface area contributed by atoms with Gasteiger partial charge in [-0.15, -0.1) is 0 Å². The van der Waals surface area contributed by atoms with Crippen molar-refractivity contribution in [3.63, 3.8) is 0 Å². The molecule has 1 aliphatic heterocycles. The lowest BCUT2D eigenvalue weighted by atomic mass is 10.2. The summed E-state index contributed by atoms with van der Waals surface area (Å²) in [6.07, 6.45) is 1.76. The van der Waals surface area contributed by atoms with Crippen LogP contribution in [0.1, 0.15) is 11.1 Å². The maximum absolute atomic E-state index is 11.7. The zero-order valence-corrected chi connectivity index (χ0v) is 18.8. The van der Waals surface area contributed by atoms with Crippen LogP contribution in [0.2, 0.25) is 0 Å². The fourth-order valence-electron chi connectivity index (χ4n) is 2.11. The summed E-state index contributed by atoms with van der Waals surface area (Å²) in [4.78, 5) is 15.9. The Hall–Kier alpha value is -0.840. The number of aliphatic imine (C=N–C) groups is 1. The Bertz CT molecular complexity index is 875. The molecule has 4 nitrogen and oxygen atoms in total. The fourth-order valence-corrected chi connectivity index (χ4v) is 4.61. The number of hydrogen-bond donors (Lipinski definition) is 1. The van der Waals surface area contributed by atoms with Crippen molar-refractivity contribution < 1.29 is 9.53 Å². The molecule has 0 radical (unpaired) electrons. The molecule has 0 fully saturated rings. The highest BCUT2D eigenvalue weighted by atomic mass is 127. The van der Waals surface area contributed by atoms with Crippen molar-refractivity contribution in [3.05, 3.63) is 64.9 Å². The Morgan fingerprint density at radius 2 is 1.84 bits per heavy atom. The molecule has 3 rings (SSSR count). The number of nitrogens with zero attached hydrogens (tertiary/aromatic N) is 1. The molecule has 25 heavy (non-hydrogen) atoms. The van der Waals surface area contributed by atoms with Gasteiger partial charge in [0.25, 0.3) is 5.91 Å². The van der Waals surface area contributed by atoms with Gasteiger partial charge in [0.1, 0.15) is 12.4 Å².